The van der Waals surface area contributed by atoms with Crippen LogP contribution < -0.4 is 0 Å². The maximum Gasteiger partial charge on any atom is 0.210 e. The van der Waals surface area contributed by atoms with Crippen molar-refractivity contribution < 1.29 is 9.18 Å². The number of allylic oxidation sites excluding steroid dienone is 4. The molecule has 2 unspecified atom stereocenters. The molecule has 15 heavy (non-hydrogen) atoms. The molecule has 0 bridgehead atoms. The van der Waals surface area contributed by atoms with Crippen LogP contribution in [-0.4, -0.2) is 11.4 Å². The van der Waals surface area contributed by atoms with Gasteiger partial charge in [0.25, 0.3) is 0 Å². The monoisotopic (exact) mass is 292 g/mol. The fourth-order valence-electron chi connectivity index (χ4n) is 2.06. The zero-order chi connectivity index (χ0) is 11.3. The first-order chi connectivity index (χ1) is 6.91. The summed E-state index contributed by atoms with van der Waals surface area (Å²) in [5.74, 6) is -0.447. The summed E-state index contributed by atoms with van der Waals surface area (Å²) in [5.41, 5.74) is 0.371. The van der Waals surface area contributed by atoms with E-state index in [9.17, 15) is 9.18 Å². The van der Waals surface area contributed by atoms with Gasteiger partial charge >= 0.3 is 0 Å². The van der Waals surface area contributed by atoms with E-state index in [0.717, 1.165) is 19.1 Å². The van der Waals surface area contributed by atoms with Crippen molar-refractivity contribution in [1.29, 1.82) is 0 Å². The van der Waals surface area contributed by atoms with E-state index in [-0.39, 0.29) is 5.41 Å². The van der Waals surface area contributed by atoms with Crippen molar-refractivity contribution in [2.24, 2.45) is 11.3 Å². The van der Waals surface area contributed by atoms with E-state index < -0.39 is 11.0 Å². The van der Waals surface area contributed by atoms with Gasteiger partial charge in [0.1, 0.15) is 0 Å². The Bertz CT molecular complexity index is 369. The Balaban J connectivity index is 2.44. The standard InChI is InChI=1S/C11H11BrClFO/c1-10(4-5-10)9-8(12)7(6-15)2-3-11(9,13)14/h2-3,6,9H,4-5H2,1H3. The lowest BCUT2D eigenvalue weighted by molar-refractivity contribution is -0.104. The Morgan fingerprint density at radius 3 is 2.73 bits per heavy atom. The van der Waals surface area contributed by atoms with E-state index in [1.54, 1.807) is 0 Å². The number of hydrogen-bond acceptors (Lipinski definition) is 1. The van der Waals surface area contributed by atoms with Gasteiger partial charge in [-0.05, 0) is 24.3 Å². The molecule has 0 saturated heterocycles. The molecule has 0 amide bonds. The summed E-state index contributed by atoms with van der Waals surface area (Å²) in [6.45, 7) is 2.00. The molecular weight excluding hydrogens is 282 g/mol. The van der Waals surface area contributed by atoms with Gasteiger partial charge in [0.2, 0.25) is 5.13 Å². The number of aldehydes is 1. The molecule has 2 aliphatic carbocycles. The van der Waals surface area contributed by atoms with Crippen molar-refractivity contribution in [3.63, 3.8) is 0 Å². The summed E-state index contributed by atoms with van der Waals surface area (Å²) in [4.78, 5) is 10.8. The maximum atomic E-state index is 14.1. The normalized spacial score (nSPS) is 38.0. The number of carbonyl (C=O) groups excluding carboxylic acids is 1. The molecule has 1 fully saturated rings. The second-order valence-corrected chi connectivity index (χ2v) is 5.95. The fraction of sp³-hybridized carbons (Fsp3) is 0.545. The highest BCUT2D eigenvalue weighted by Crippen LogP contribution is 2.62. The first-order valence-electron chi connectivity index (χ1n) is 4.83. The van der Waals surface area contributed by atoms with Crippen LogP contribution in [-0.2, 0) is 4.79 Å². The summed E-state index contributed by atoms with van der Waals surface area (Å²) < 4.78 is 14.7. The first-order valence-corrected chi connectivity index (χ1v) is 6.00. The molecule has 0 heterocycles. The molecule has 2 aliphatic rings. The van der Waals surface area contributed by atoms with Crippen LogP contribution in [0, 0.1) is 11.3 Å². The number of rotatable bonds is 2. The van der Waals surface area contributed by atoms with Crippen molar-refractivity contribution in [3.8, 4) is 0 Å². The number of alkyl halides is 2. The van der Waals surface area contributed by atoms with E-state index >= 15 is 0 Å². The number of halogens is 3. The van der Waals surface area contributed by atoms with Gasteiger partial charge < -0.3 is 0 Å². The Hall–Kier alpha value is -0.150. The summed E-state index contributed by atoms with van der Waals surface area (Å²) >= 11 is 9.15. The van der Waals surface area contributed by atoms with E-state index in [1.165, 1.54) is 12.2 Å². The summed E-state index contributed by atoms with van der Waals surface area (Å²) in [6.07, 6.45) is 5.34. The lowest BCUT2D eigenvalue weighted by atomic mass is 9.82. The highest BCUT2D eigenvalue weighted by molar-refractivity contribution is 9.11. The molecule has 0 aromatic rings. The van der Waals surface area contributed by atoms with Gasteiger partial charge in [-0.25, -0.2) is 4.39 Å². The van der Waals surface area contributed by atoms with Crippen LogP contribution >= 0.6 is 27.5 Å². The van der Waals surface area contributed by atoms with E-state index in [0.29, 0.717) is 10.1 Å². The first kappa shape index (κ1) is 11.3. The van der Waals surface area contributed by atoms with Crippen molar-refractivity contribution in [2.75, 3.05) is 0 Å². The van der Waals surface area contributed by atoms with Gasteiger partial charge in [-0.2, -0.15) is 0 Å². The van der Waals surface area contributed by atoms with Gasteiger partial charge in [-0.3, -0.25) is 4.79 Å². The zero-order valence-corrected chi connectivity index (χ0v) is 10.6. The van der Waals surface area contributed by atoms with Gasteiger partial charge in [0.15, 0.2) is 6.29 Å². The molecule has 0 radical (unpaired) electrons. The van der Waals surface area contributed by atoms with Crippen LogP contribution in [0.15, 0.2) is 22.2 Å². The molecule has 2 rings (SSSR count). The third-order valence-corrected chi connectivity index (χ3v) is 4.52. The molecule has 4 heteroatoms. The second-order valence-electron chi connectivity index (χ2n) is 4.52. The molecule has 1 nitrogen and oxygen atoms in total. The smallest absolute Gasteiger partial charge is 0.210 e. The van der Waals surface area contributed by atoms with Crippen LogP contribution in [0.2, 0.25) is 0 Å². The second kappa shape index (κ2) is 3.42. The largest absolute Gasteiger partial charge is 0.298 e. The maximum absolute atomic E-state index is 14.1. The van der Waals surface area contributed by atoms with Gasteiger partial charge in [0, 0.05) is 16.0 Å². The van der Waals surface area contributed by atoms with Crippen molar-refractivity contribution in [1.82, 2.24) is 0 Å². The van der Waals surface area contributed by atoms with Crippen molar-refractivity contribution >= 4 is 33.8 Å². The number of carbonyl (C=O) groups is 1. The topological polar surface area (TPSA) is 17.1 Å². The predicted octanol–water partition coefficient (Wildman–Crippen LogP) is 3.73. The molecule has 2 atom stereocenters. The van der Waals surface area contributed by atoms with Crippen molar-refractivity contribution in [3.05, 3.63) is 22.2 Å². The zero-order valence-electron chi connectivity index (χ0n) is 8.27. The van der Waals surface area contributed by atoms with Crippen LogP contribution in [0.25, 0.3) is 0 Å². The lowest BCUT2D eigenvalue weighted by Crippen LogP contribution is -2.34. The Morgan fingerprint density at radius 2 is 2.27 bits per heavy atom. The van der Waals surface area contributed by atoms with Crippen molar-refractivity contribution in [2.45, 2.75) is 24.9 Å². The molecule has 0 N–H and O–H groups in total. The van der Waals surface area contributed by atoms with Gasteiger partial charge in [-0.1, -0.05) is 40.5 Å². The third kappa shape index (κ3) is 1.80. The predicted molar refractivity (Wildman–Crippen MR) is 61.7 cm³/mol. The summed E-state index contributed by atoms with van der Waals surface area (Å²) in [6, 6.07) is 0. The minimum absolute atomic E-state index is 0.117. The molecule has 0 spiro atoms. The van der Waals surface area contributed by atoms with Crippen LogP contribution in [0.5, 0.6) is 0 Å². The van der Waals surface area contributed by atoms with Crippen LogP contribution in [0.1, 0.15) is 19.8 Å². The minimum atomic E-state index is -1.88. The molecule has 0 aliphatic heterocycles. The Kier molecular flexibility index (Phi) is 2.59. The quantitative estimate of drug-likeness (QED) is 0.560. The third-order valence-electron chi connectivity index (χ3n) is 3.26. The molecule has 1 saturated carbocycles. The molecule has 0 aromatic heterocycles. The van der Waals surface area contributed by atoms with E-state index in [4.69, 9.17) is 11.6 Å². The fourth-order valence-corrected chi connectivity index (χ4v) is 3.74. The summed E-state index contributed by atoms with van der Waals surface area (Å²) in [5, 5.41) is -1.88. The highest BCUT2D eigenvalue weighted by atomic mass is 79.9. The van der Waals surface area contributed by atoms with Crippen LogP contribution in [0.3, 0.4) is 0 Å². The minimum Gasteiger partial charge on any atom is -0.298 e. The van der Waals surface area contributed by atoms with Gasteiger partial charge in [0.05, 0.1) is 0 Å². The average Bonchev–Trinajstić information content (AvgIpc) is 2.83. The average molecular weight is 294 g/mol. The Labute approximate surface area is 101 Å². The Morgan fingerprint density at radius 1 is 1.67 bits per heavy atom. The van der Waals surface area contributed by atoms with Gasteiger partial charge in [-0.15, -0.1) is 0 Å². The molecule has 82 valence electrons. The highest BCUT2D eigenvalue weighted by Gasteiger charge is 2.56. The lowest BCUT2D eigenvalue weighted by Gasteiger charge is -2.34. The van der Waals surface area contributed by atoms with Crippen LogP contribution in [0.4, 0.5) is 4.39 Å². The summed E-state index contributed by atoms with van der Waals surface area (Å²) in [7, 11) is 0. The van der Waals surface area contributed by atoms with E-state index in [2.05, 4.69) is 15.9 Å². The number of hydrogen-bond donors (Lipinski definition) is 0. The SMILES string of the molecule is CC1(C2C(Br)=C(C=O)C=CC2(F)Cl)CC1. The molecular formula is C11H11BrClFO. The molecule has 0 aromatic carbocycles. The van der Waals surface area contributed by atoms with E-state index in [1.807, 2.05) is 6.92 Å².